The fourth-order valence-corrected chi connectivity index (χ4v) is 1.32. The van der Waals surface area contributed by atoms with Crippen molar-refractivity contribution in [2.24, 2.45) is 0 Å². The molecule has 0 aliphatic heterocycles. The van der Waals surface area contributed by atoms with E-state index in [-0.39, 0.29) is 0 Å². The highest BCUT2D eigenvalue weighted by Crippen LogP contribution is 2.02. The van der Waals surface area contributed by atoms with Crippen LogP contribution in [0.1, 0.15) is 12.0 Å². The van der Waals surface area contributed by atoms with Crippen molar-refractivity contribution in [3.63, 3.8) is 0 Å². The Morgan fingerprint density at radius 1 is 1.08 bits per heavy atom. The summed E-state index contributed by atoms with van der Waals surface area (Å²) in [6, 6.07) is 10.5. The van der Waals surface area contributed by atoms with E-state index in [1.54, 1.807) is 0 Å². The lowest BCUT2D eigenvalue weighted by Gasteiger charge is -2.02. The van der Waals surface area contributed by atoms with Gasteiger partial charge in [0.1, 0.15) is 0 Å². The largest absolute Gasteiger partial charge is 0.381 e. The van der Waals surface area contributed by atoms with Crippen LogP contribution in [0.15, 0.2) is 30.3 Å². The molecule has 1 nitrogen and oxygen atoms in total. The molecule has 0 radical (unpaired) electrons. The Kier molecular flexibility index (Phi) is 5.70. The quantitative estimate of drug-likeness (QED) is 0.543. The first-order valence-corrected chi connectivity index (χ1v) is 5.29. The zero-order chi connectivity index (χ0) is 9.36. The lowest BCUT2D eigenvalue weighted by Crippen LogP contribution is -1.99. The van der Waals surface area contributed by atoms with E-state index in [1.165, 1.54) is 5.56 Å². The third kappa shape index (κ3) is 4.96. The van der Waals surface area contributed by atoms with E-state index in [9.17, 15) is 0 Å². The van der Waals surface area contributed by atoms with Crippen molar-refractivity contribution in [1.29, 1.82) is 0 Å². The first-order valence-electron chi connectivity index (χ1n) is 4.66. The summed E-state index contributed by atoms with van der Waals surface area (Å²) < 4.78 is 5.33. The van der Waals surface area contributed by atoms with Crippen molar-refractivity contribution in [1.82, 2.24) is 0 Å². The van der Waals surface area contributed by atoms with Crippen LogP contribution >= 0.6 is 12.6 Å². The van der Waals surface area contributed by atoms with Gasteiger partial charge in [0.2, 0.25) is 0 Å². The van der Waals surface area contributed by atoms with Crippen LogP contribution in [0.4, 0.5) is 0 Å². The third-order valence-electron chi connectivity index (χ3n) is 1.83. The van der Waals surface area contributed by atoms with Crippen molar-refractivity contribution >= 4 is 12.6 Å². The maximum Gasteiger partial charge on any atom is 0.0554 e. The molecule has 0 aromatic heterocycles. The summed E-state index contributed by atoms with van der Waals surface area (Å²) in [7, 11) is 0. The summed E-state index contributed by atoms with van der Waals surface area (Å²) in [6.45, 7) is 1.60. The number of hydrogen-bond donors (Lipinski definition) is 1. The van der Waals surface area contributed by atoms with Crippen molar-refractivity contribution in [3.8, 4) is 0 Å². The zero-order valence-corrected chi connectivity index (χ0v) is 8.67. The molecular formula is C11H16OS. The highest BCUT2D eigenvalue weighted by atomic mass is 32.1. The third-order valence-corrected chi connectivity index (χ3v) is 2.02. The molecule has 0 amide bonds. The Hall–Kier alpha value is -0.470. The first kappa shape index (κ1) is 10.6. The molecule has 2 heteroatoms. The normalized spacial score (nSPS) is 10.2. The SMILES string of the molecule is SCCOCCCc1ccccc1. The predicted molar refractivity (Wildman–Crippen MR) is 59.4 cm³/mol. The van der Waals surface area contributed by atoms with Crippen LogP contribution in [0.2, 0.25) is 0 Å². The number of rotatable bonds is 6. The Morgan fingerprint density at radius 2 is 1.85 bits per heavy atom. The molecule has 0 saturated heterocycles. The molecule has 1 aromatic rings. The van der Waals surface area contributed by atoms with Gasteiger partial charge in [-0.05, 0) is 18.4 Å². The van der Waals surface area contributed by atoms with Crippen molar-refractivity contribution in [2.45, 2.75) is 12.8 Å². The second kappa shape index (κ2) is 6.98. The van der Waals surface area contributed by atoms with Gasteiger partial charge < -0.3 is 4.74 Å². The average molecular weight is 196 g/mol. The van der Waals surface area contributed by atoms with Gasteiger partial charge in [-0.25, -0.2) is 0 Å². The highest BCUT2D eigenvalue weighted by molar-refractivity contribution is 7.80. The number of ether oxygens (including phenoxy) is 1. The lowest BCUT2D eigenvalue weighted by molar-refractivity contribution is 0.148. The van der Waals surface area contributed by atoms with Crippen LogP contribution in [0.25, 0.3) is 0 Å². The second-order valence-corrected chi connectivity index (χ2v) is 3.37. The van der Waals surface area contributed by atoms with E-state index < -0.39 is 0 Å². The number of hydrogen-bond acceptors (Lipinski definition) is 2. The van der Waals surface area contributed by atoms with Gasteiger partial charge in [0, 0.05) is 12.4 Å². The monoisotopic (exact) mass is 196 g/mol. The maximum atomic E-state index is 5.33. The summed E-state index contributed by atoms with van der Waals surface area (Å²) in [6.07, 6.45) is 2.20. The molecule has 0 bridgehead atoms. The molecule has 0 spiro atoms. The van der Waals surface area contributed by atoms with E-state index in [1.807, 2.05) is 6.07 Å². The van der Waals surface area contributed by atoms with Gasteiger partial charge in [-0.2, -0.15) is 12.6 Å². The smallest absolute Gasteiger partial charge is 0.0554 e. The van der Waals surface area contributed by atoms with Crippen molar-refractivity contribution in [2.75, 3.05) is 19.0 Å². The van der Waals surface area contributed by atoms with Crippen molar-refractivity contribution in [3.05, 3.63) is 35.9 Å². The second-order valence-electron chi connectivity index (χ2n) is 2.93. The number of aryl methyl sites for hydroxylation is 1. The minimum Gasteiger partial charge on any atom is -0.381 e. The molecule has 13 heavy (non-hydrogen) atoms. The molecule has 0 aliphatic rings. The van der Waals surface area contributed by atoms with Gasteiger partial charge in [0.05, 0.1) is 6.61 Å². The molecule has 0 heterocycles. The van der Waals surface area contributed by atoms with Crippen LogP contribution in [0.5, 0.6) is 0 Å². The fraction of sp³-hybridized carbons (Fsp3) is 0.455. The molecule has 0 saturated carbocycles. The van der Waals surface area contributed by atoms with Crippen LogP contribution in [0, 0.1) is 0 Å². The minimum atomic E-state index is 0.762. The summed E-state index contributed by atoms with van der Waals surface area (Å²) >= 11 is 4.07. The molecule has 0 N–H and O–H groups in total. The van der Waals surface area contributed by atoms with E-state index in [0.29, 0.717) is 0 Å². The van der Waals surface area contributed by atoms with Gasteiger partial charge in [0.15, 0.2) is 0 Å². The van der Waals surface area contributed by atoms with E-state index in [2.05, 4.69) is 36.9 Å². The molecular weight excluding hydrogens is 180 g/mol. The minimum absolute atomic E-state index is 0.762. The lowest BCUT2D eigenvalue weighted by atomic mass is 10.1. The van der Waals surface area contributed by atoms with Gasteiger partial charge >= 0.3 is 0 Å². The molecule has 0 fully saturated rings. The van der Waals surface area contributed by atoms with Gasteiger partial charge in [-0.1, -0.05) is 30.3 Å². The highest BCUT2D eigenvalue weighted by Gasteiger charge is 1.91. The standard InChI is InChI=1S/C11H16OS/c13-10-9-12-8-4-7-11-5-2-1-3-6-11/h1-3,5-6,13H,4,7-10H2. The molecule has 72 valence electrons. The topological polar surface area (TPSA) is 9.23 Å². The molecule has 1 rings (SSSR count). The molecule has 1 aromatic carbocycles. The predicted octanol–water partition coefficient (Wildman–Crippen LogP) is 2.57. The molecule has 0 unspecified atom stereocenters. The first-order chi connectivity index (χ1) is 6.43. The van der Waals surface area contributed by atoms with Crippen molar-refractivity contribution < 1.29 is 4.74 Å². The summed E-state index contributed by atoms with van der Waals surface area (Å²) in [5.41, 5.74) is 1.39. The Morgan fingerprint density at radius 3 is 2.54 bits per heavy atom. The van der Waals surface area contributed by atoms with E-state index in [4.69, 9.17) is 4.74 Å². The van der Waals surface area contributed by atoms with Crippen LogP contribution < -0.4 is 0 Å². The maximum absolute atomic E-state index is 5.33. The van der Waals surface area contributed by atoms with Gasteiger partial charge in [0.25, 0.3) is 0 Å². The number of thiol groups is 1. The fourth-order valence-electron chi connectivity index (χ4n) is 1.19. The Labute approximate surface area is 85.5 Å². The average Bonchev–Trinajstić information content (AvgIpc) is 2.19. The molecule has 0 aliphatic carbocycles. The van der Waals surface area contributed by atoms with E-state index >= 15 is 0 Å². The Bertz CT molecular complexity index is 211. The zero-order valence-electron chi connectivity index (χ0n) is 7.78. The van der Waals surface area contributed by atoms with Gasteiger partial charge in [-0.15, -0.1) is 0 Å². The Balaban J connectivity index is 2.07. The summed E-state index contributed by atoms with van der Waals surface area (Å²) in [4.78, 5) is 0. The number of benzene rings is 1. The van der Waals surface area contributed by atoms with Crippen LogP contribution in [-0.4, -0.2) is 19.0 Å². The molecule has 0 atom stereocenters. The van der Waals surface area contributed by atoms with Crippen LogP contribution in [-0.2, 0) is 11.2 Å². The summed E-state index contributed by atoms with van der Waals surface area (Å²) in [5.74, 6) is 0.811. The van der Waals surface area contributed by atoms with Crippen LogP contribution in [0.3, 0.4) is 0 Å². The summed E-state index contributed by atoms with van der Waals surface area (Å²) in [5, 5.41) is 0. The van der Waals surface area contributed by atoms with E-state index in [0.717, 1.165) is 31.8 Å². The van der Waals surface area contributed by atoms with Gasteiger partial charge in [-0.3, -0.25) is 0 Å².